The summed E-state index contributed by atoms with van der Waals surface area (Å²) >= 11 is 9.51. The Morgan fingerprint density at radius 1 is 1.27 bits per heavy atom. The fourth-order valence-electron chi connectivity index (χ4n) is 6.66. The summed E-state index contributed by atoms with van der Waals surface area (Å²) < 4.78 is 52.2. The van der Waals surface area contributed by atoms with Gasteiger partial charge in [0.1, 0.15) is 43.3 Å². The van der Waals surface area contributed by atoms with E-state index in [0.29, 0.717) is 5.84 Å². The number of aliphatic imine (C=N–C) groups is 2. The summed E-state index contributed by atoms with van der Waals surface area (Å²) in [5, 5.41) is 0. The Bertz CT molecular complexity index is 1760. The minimum atomic E-state index is -4.08. The van der Waals surface area contributed by atoms with Crippen LogP contribution in [0.15, 0.2) is 33.4 Å². The Kier molecular flexibility index (Phi) is 7.01. The van der Waals surface area contributed by atoms with E-state index < -0.39 is 74.7 Å². The minimum absolute atomic E-state index is 0.0264. The molecule has 8 rings (SSSR count). The lowest BCUT2D eigenvalue weighted by molar-refractivity contribution is -0.0794. The highest BCUT2D eigenvalue weighted by atomic mass is 32.7. The van der Waals surface area contributed by atoms with E-state index in [-0.39, 0.29) is 42.0 Å². The number of fused-ring (bicyclic) bond motifs is 5. The predicted octanol–water partition coefficient (Wildman–Crippen LogP) is -0.143. The Morgan fingerprint density at radius 2 is 2.09 bits per heavy atom. The lowest BCUT2D eigenvalue weighted by Gasteiger charge is -2.33. The lowest BCUT2D eigenvalue weighted by Crippen LogP contribution is -2.43. The number of ether oxygens (including phenoxy) is 2. The van der Waals surface area contributed by atoms with Gasteiger partial charge in [0.2, 0.25) is 5.95 Å². The van der Waals surface area contributed by atoms with Crippen molar-refractivity contribution >= 4 is 67.2 Å². The third-order valence-electron chi connectivity index (χ3n) is 8.67. The standard InChI is InChI=1S/C22H26FN9O9P2S2/c23-14-11-5-37-42(34,44)40-9-3-12(32-2-1-8-13-17(24)26-6-28-22(8,13)32)38-10(9)4-36-43(35,45)41-16(14)20(39-11)31-7-27-15-18(31)29-21(25)30-19(15)33/h1-2,6-14,16,20,35,45H,3-5H2,(H5-,24,25,26,28,29,30,33,34,44)/p+1/t8?,9-,10?,11?,12+,13?,14+,16+,20+,22?,42?,43?/m0/s1. The molecule has 23 heteroatoms. The van der Waals surface area contributed by atoms with Gasteiger partial charge in [0.05, 0.1) is 31.1 Å². The second kappa shape index (κ2) is 10.4. The summed E-state index contributed by atoms with van der Waals surface area (Å²) in [6.45, 7) is -4.90. The minimum Gasteiger partial charge on any atom is -0.387 e. The molecule has 7 heterocycles. The van der Waals surface area contributed by atoms with Crippen LogP contribution in [0.4, 0.5) is 10.3 Å². The van der Waals surface area contributed by atoms with Crippen molar-refractivity contribution in [2.24, 2.45) is 27.6 Å². The lowest BCUT2D eigenvalue weighted by atomic mass is 10.1. The zero-order valence-electron chi connectivity index (χ0n) is 22.8. The van der Waals surface area contributed by atoms with Gasteiger partial charge >= 0.3 is 13.9 Å². The van der Waals surface area contributed by atoms with Gasteiger partial charge in [-0.3, -0.25) is 14.3 Å². The highest BCUT2D eigenvalue weighted by molar-refractivity contribution is 8.47. The monoisotopic (exact) mass is 706 g/mol. The molecule has 1 aliphatic carbocycles. The molecule has 2 aromatic heterocycles. The predicted molar refractivity (Wildman–Crippen MR) is 162 cm³/mol. The molecule has 1 saturated carbocycles. The maximum atomic E-state index is 15.9. The van der Waals surface area contributed by atoms with Crippen molar-refractivity contribution in [2.75, 3.05) is 18.9 Å². The number of aromatic amines is 1. The molecular weight excluding hydrogens is 679 g/mol. The number of thiol groups is 1. The van der Waals surface area contributed by atoms with Crippen molar-refractivity contribution in [2.45, 2.75) is 55.1 Å². The number of amidine groups is 1. The van der Waals surface area contributed by atoms with Gasteiger partial charge in [0.15, 0.2) is 35.3 Å². The van der Waals surface area contributed by atoms with Crippen molar-refractivity contribution < 1.29 is 41.7 Å². The molecule has 45 heavy (non-hydrogen) atoms. The quantitative estimate of drug-likeness (QED) is 0.176. The molecule has 3 saturated heterocycles. The number of halogens is 1. The van der Waals surface area contributed by atoms with Crippen molar-refractivity contribution in [3.63, 3.8) is 0 Å². The van der Waals surface area contributed by atoms with E-state index in [1.54, 1.807) is 0 Å². The SMILES string of the molecule is NC1=NC=NC23C(C=CN2[C@H]2C[C@@H]4OP(O)(=S)OCC5O[C@@H](n6cnc7c(=O)[nH]c(N)nc76)[C@H](O[P+](O)(S)OCC4O2)[C@@H]5F)C13. The zero-order valence-corrected chi connectivity index (χ0v) is 26.3. The third kappa shape index (κ3) is 4.87. The number of nitrogens with zero attached hydrogens (tertiary/aromatic N) is 6. The van der Waals surface area contributed by atoms with Gasteiger partial charge < -0.3 is 39.8 Å². The fourth-order valence-corrected chi connectivity index (χ4v) is 9.60. The maximum Gasteiger partial charge on any atom is 0.476 e. The summed E-state index contributed by atoms with van der Waals surface area (Å²) in [6.07, 6.45) is -1.93. The topological polar surface area (TPSA) is 239 Å². The van der Waals surface area contributed by atoms with Crippen LogP contribution < -0.4 is 17.0 Å². The van der Waals surface area contributed by atoms with Gasteiger partial charge in [0, 0.05) is 18.5 Å². The average Bonchev–Trinajstić information content (AvgIpc) is 3.38. The maximum absolute atomic E-state index is 15.9. The van der Waals surface area contributed by atoms with Crippen molar-refractivity contribution in [3.05, 3.63) is 29.0 Å². The van der Waals surface area contributed by atoms with Gasteiger partial charge in [-0.2, -0.15) is 18.9 Å². The first kappa shape index (κ1) is 30.2. The summed E-state index contributed by atoms with van der Waals surface area (Å²) in [6, 6.07) is 0. The molecule has 4 fully saturated rings. The molecule has 7 unspecified atom stereocenters. The van der Waals surface area contributed by atoms with E-state index in [9.17, 15) is 14.6 Å². The molecular formula is C22H27FN9O9P2S2+. The van der Waals surface area contributed by atoms with Crippen LogP contribution >= 0.6 is 26.1 Å². The Balaban J connectivity index is 1.07. The fraction of sp³-hybridized carbons (Fsp3) is 0.591. The Labute approximate surface area is 263 Å². The summed E-state index contributed by atoms with van der Waals surface area (Å²) in [5.74, 6) is 0.185. The zero-order chi connectivity index (χ0) is 31.5. The molecule has 7 N–H and O–H groups in total. The molecule has 6 aliphatic rings. The highest BCUT2D eigenvalue weighted by Gasteiger charge is 2.74. The van der Waals surface area contributed by atoms with Crippen LogP contribution in [0.3, 0.4) is 0 Å². The van der Waals surface area contributed by atoms with Crippen LogP contribution in [0.1, 0.15) is 12.6 Å². The summed E-state index contributed by atoms with van der Waals surface area (Å²) in [7, 11) is -4.08. The molecule has 0 aromatic carbocycles. The van der Waals surface area contributed by atoms with E-state index >= 15 is 4.39 Å². The second-order valence-electron chi connectivity index (χ2n) is 11.2. The van der Waals surface area contributed by atoms with Crippen LogP contribution in [-0.2, 0) is 39.4 Å². The molecule has 0 amide bonds. The molecule has 18 nitrogen and oxygen atoms in total. The van der Waals surface area contributed by atoms with Crippen LogP contribution in [0.2, 0.25) is 0 Å². The van der Waals surface area contributed by atoms with Crippen LogP contribution in [0, 0.1) is 11.8 Å². The van der Waals surface area contributed by atoms with Crippen molar-refractivity contribution in [1.29, 1.82) is 0 Å². The van der Waals surface area contributed by atoms with Gasteiger partial charge in [-0.25, -0.2) is 19.4 Å². The number of aromatic nitrogens is 4. The van der Waals surface area contributed by atoms with Gasteiger partial charge in [-0.1, -0.05) is 6.08 Å². The number of hydrogen-bond donors (Lipinski definition) is 6. The number of hydrogen-bond acceptors (Lipinski definition) is 17. The third-order valence-corrected chi connectivity index (χ3v) is 11.9. The van der Waals surface area contributed by atoms with Crippen molar-refractivity contribution in [1.82, 2.24) is 24.4 Å². The molecule has 242 valence electrons. The largest absolute Gasteiger partial charge is 0.476 e. The number of anilines is 1. The molecule has 0 radical (unpaired) electrons. The highest BCUT2D eigenvalue weighted by Crippen LogP contribution is 2.66. The van der Waals surface area contributed by atoms with Crippen LogP contribution in [-0.4, -0.2) is 102 Å². The molecule has 2 bridgehead atoms. The number of imidazole rings is 1. The molecule has 5 aliphatic heterocycles. The first-order chi connectivity index (χ1) is 21.4. The molecule has 12 atom stereocenters. The number of alkyl halides is 1. The normalized spacial score (nSPS) is 45.7. The first-order valence-electron chi connectivity index (χ1n) is 13.7. The number of rotatable bonds is 2. The Hall–Kier alpha value is -2.13. The van der Waals surface area contributed by atoms with Crippen molar-refractivity contribution in [3.8, 4) is 0 Å². The van der Waals surface area contributed by atoms with E-state index in [0.717, 1.165) is 0 Å². The van der Waals surface area contributed by atoms with E-state index in [1.807, 2.05) is 17.2 Å². The number of H-pyrrole nitrogens is 1. The smallest absolute Gasteiger partial charge is 0.387 e. The van der Waals surface area contributed by atoms with E-state index in [2.05, 4.69) is 37.2 Å². The van der Waals surface area contributed by atoms with Gasteiger partial charge in [-0.05, 0) is 11.8 Å². The molecule has 2 aromatic rings. The number of nitrogens with one attached hydrogen (secondary N) is 1. The van der Waals surface area contributed by atoms with Gasteiger partial charge in [-0.15, -0.1) is 0 Å². The van der Waals surface area contributed by atoms with Crippen LogP contribution in [0.5, 0.6) is 0 Å². The number of nitrogens with two attached hydrogens (primary N) is 2. The number of nitrogen functional groups attached to an aromatic ring is 1. The summed E-state index contributed by atoms with van der Waals surface area (Å²) in [4.78, 5) is 55.6. The van der Waals surface area contributed by atoms with E-state index in [1.165, 1.54) is 17.2 Å². The van der Waals surface area contributed by atoms with Gasteiger partial charge in [0.25, 0.3) is 5.56 Å². The first-order valence-corrected chi connectivity index (χ1v) is 19.0. The molecule has 1 spiro atoms. The van der Waals surface area contributed by atoms with Crippen LogP contribution in [0.25, 0.3) is 11.2 Å². The second-order valence-corrected chi connectivity index (χ2v) is 17.0. The average molecular weight is 707 g/mol. The summed E-state index contributed by atoms with van der Waals surface area (Å²) in [5.41, 5.74) is 10.4. The Morgan fingerprint density at radius 3 is 2.91 bits per heavy atom. The van der Waals surface area contributed by atoms with E-state index in [4.69, 9.17) is 50.8 Å².